The summed E-state index contributed by atoms with van der Waals surface area (Å²) in [5, 5.41) is 9.75. The third-order valence-corrected chi connectivity index (χ3v) is 3.97. The zero-order chi connectivity index (χ0) is 14.8. The van der Waals surface area contributed by atoms with E-state index in [1.165, 1.54) is 17.4 Å². The van der Waals surface area contributed by atoms with Gasteiger partial charge in [-0.1, -0.05) is 12.1 Å². The minimum absolute atomic E-state index is 0.0332. The number of thiazole rings is 1. The smallest absolute Gasteiger partial charge is 0.135 e. The van der Waals surface area contributed by atoms with Crippen LogP contribution in [-0.4, -0.2) is 4.98 Å². The average molecular weight is 298 g/mol. The highest BCUT2D eigenvalue weighted by Gasteiger charge is 2.10. The van der Waals surface area contributed by atoms with E-state index in [0.717, 1.165) is 28.4 Å². The molecule has 102 valence electrons. The zero-order valence-corrected chi connectivity index (χ0v) is 11.5. The van der Waals surface area contributed by atoms with Crippen LogP contribution in [-0.2, 0) is 0 Å². The van der Waals surface area contributed by atoms with Crippen LogP contribution in [0, 0.1) is 23.0 Å². The van der Waals surface area contributed by atoms with Crippen molar-refractivity contribution < 1.29 is 8.78 Å². The fourth-order valence-electron chi connectivity index (χ4n) is 1.91. The number of nitriles is 1. The Morgan fingerprint density at radius 2 is 2.00 bits per heavy atom. The maximum atomic E-state index is 13.6. The first-order valence-corrected chi connectivity index (χ1v) is 6.92. The molecule has 0 fully saturated rings. The topological polar surface area (TPSA) is 36.7 Å². The molecular weight excluding hydrogens is 290 g/mol. The fourth-order valence-corrected chi connectivity index (χ4v) is 2.84. The van der Waals surface area contributed by atoms with Gasteiger partial charge in [-0.25, -0.2) is 13.8 Å². The maximum absolute atomic E-state index is 13.6. The van der Waals surface area contributed by atoms with Crippen molar-refractivity contribution in [1.29, 1.82) is 5.26 Å². The molecule has 3 aromatic rings. The monoisotopic (exact) mass is 298 g/mol. The highest BCUT2D eigenvalue weighted by atomic mass is 32.1. The first kappa shape index (κ1) is 13.4. The Morgan fingerprint density at radius 1 is 1.19 bits per heavy atom. The van der Waals surface area contributed by atoms with Crippen LogP contribution in [0.5, 0.6) is 0 Å². The SMILES string of the molecule is N#CC(=Cc1cc(F)ccc1F)c1nc2ccccc2s1. The zero-order valence-electron chi connectivity index (χ0n) is 10.7. The molecule has 2 nitrogen and oxygen atoms in total. The summed E-state index contributed by atoms with van der Waals surface area (Å²) in [7, 11) is 0. The summed E-state index contributed by atoms with van der Waals surface area (Å²) in [5.41, 5.74) is 1.02. The molecule has 0 aliphatic heterocycles. The highest BCUT2D eigenvalue weighted by molar-refractivity contribution is 7.19. The molecule has 0 unspecified atom stereocenters. The molecule has 1 aromatic heterocycles. The molecule has 0 spiro atoms. The van der Waals surface area contributed by atoms with Crippen molar-refractivity contribution in [2.45, 2.75) is 0 Å². The van der Waals surface area contributed by atoms with Crippen molar-refractivity contribution in [3.05, 3.63) is 64.7 Å². The summed E-state index contributed by atoms with van der Waals surface area (Å²) in [6.45, 7) is 0. The Labute approximate surface area is 123 Å². The summed E-state index contributed by atoms with van der Waals surface area (Å²) < 4.78 is 27.8. The summed E-state index contributed by atoms with van der Waals surface area (Å²) in [6.07, 6.45) is 1.32. The Morgan fingerprint density at radius 3 is 2.76 bits per heavy atom. The van der Waals surface area contributed by atoms with Gasteiger partial charge in [-0.2, -0.15) is 5.26 Å². The van der Waals surface area contributed by atoms with Gasteiger partial charge in [-0.15, -0.1) is 11.3 Å². The van der Waals surface area contributed by atoms with Crippen molar-refractivity contribution in [2.75, 3.05) is 0 Å². The molecule has 3 rings (SSSR count). The number of para-hydroxylation sites is 1. The van der Waals surface area contributed by atoms with Gasteiger partial charge in [0.15, 0.2) is 0 Å². The number of allylic oxidation sites excluding steroid dienone is 1. The van der Waals surface area contributed by atoms with Crippen LogP contribution < -0.4 is 0 Å². The van der Waals surface area contributed by atoms with Crippen molar-refractivity contribution in [1.82, 2.24) is 4.98 Å². The molecule has 0 aliphatic rings. The van der Waals surface area contributed by atoms with Gasteiger partial charge in [0.25, 0.3) is 0 Å². The molecule has 0 atom stereocenters. The highest BCUT2D eigenvalue weighted by Crippen LogP contribution is 2.28. The number of aromatic nitrogens is 1. The second kappa shape index (κ2) is 5.43. The van der Waals surface area contributed by atoms with Gasteiger partial charge in [0, 0.05) is 5.56 Å². The van der Waals surface area contributed by atoms with E-state index in [4.69, 9.17) is 0 Å². The Hall–Kier alpha value is -2.58. The van der Waals surface area contributed by atoms with E-state index in [2.05, 4.69) is 4.98 Å². The predicted octanol–water partition coefficient (Wildman–Crippen LogP) is 4.64. The Balaban J connectivity index is 2.11. The molecule has 0 saturated carbocycles. The normalized spacial score (nSPS) is 11.6. The largest absolute Gasteiger partial charge is 0.235 e. The van der Waals surface area contributed by atoms with E-state index >= 15 is 0 Å². The van der Waals surface area contributed by atoms with E-state index in [1.54, 1.807) is 0 Å². The lowest BCUT2D eigenvalue weighted by molar-refractivity contribution is 0.598. The molecule has 21 heavy (non-hydrogen) atoms. The number of hydrogen-bond acceptors (Lipinski definition) is 3. The second-order valence-electron chi connectivity index (χ2n) is 4.32. The van der Waals surface area contributed by atoms with Gasteiger partial charge in [0.2, 0.25) is 0 Å². The molecule has 0 N–H and O–H groups in total. The third-order valence-electron chi connectivity index (χ3n) is 2.90. The molecule has 5 heteroatoms. The van der Waals surface area contributed by atoms with Gasteiger partial charge in [-0.3, -0.25) is 0 Å². The second-order valence-corrected chi connectivity index (χ2v) is 5.35. The van der Waals surface area contributed by atoms with Gasteiger partial charge in [0.1, 0.15) is 22.7 Å². The molecule has 2 aromatic carbocycles. The van der Waals surface area contributed by atoms with E-state index in [-0.39, 0.29) is 11.1 Å². The number of rotatable bonds is 2. The van der Waals surface area contributed by atoms with Gasteiger partial charge < -0.3 is 0 Å². The first-order chi connectivity index (χ1) is 10.2. The summed E-state index contributed by atoms with van der Waals surface area (Å²) in [6, 6.07) is 12.6. The molecule has 0 aliphatic carbocycles. The minimum atomic E-state index is -0.578. The van der Waals surface area contributed by atoms with Gasteiger partial charge in [0.05, 0.1) is 15.8 Å². The van der Waals surface area contributed by atoms with E-state index in [9.17, 15) is 14.0 Å². The number of halogens is 2. The van der Waals surface area contributed by atoms with Crippen LogP contribution in [0.25, 0.3) is 21.9 Å². The van der Waals surface area contributed by atoms with Crippen LogP contribution in [0.1, 0.15) is 10.6 Å². The van der Waals surface area contributed by atoms with Crippen molar-refractivity contribution >= 4 is 33.2 Å². The molecule has 0 radical (unpaired) electrons. The summed E-state index contributed by atoms with van der Waals surface area (Å²) >= 11 is 1.34. The number of hydrogen-bond donors (Lipinski definition) is 0. The molecule has 0 bridgehead atoms. The van der Waals surface area contributed by atoms with E-state index < -0.39 is 11.6 Å². The van der Waals surface area contributed by atoms with Crippen molar-refractivity contribution in [3.8, 4) is 6.07 Å². The van der Waals surface area contributed by atoms with Gasteiger partial charge >= 0.3 is 0 Å². The van der Waals surface area contributed by atoms with E-state index in [1.807, 2.05) is 30.3 Å². The van der Waals surface area contributed by atoms with Crippen LogP contribution in [0.4, 0.5) is 8.78 Å². The number of fused-ring (bicyclic) bond motifs is 1. The molecule has 0 amide bonds. The summed E-state index contributed by atoms with van der Waals surface area (Å²) in [4.78, 5) is 4.34. The Kier molecular flexibility index (Phi) is 3.46. The minimum Gasteiger partial charge on any atom is -0.235 e. The average Bonchev–Trinajstić information content (AvgIpc) is 2.91. The maximum Gasteiger partial charge on any atom is 0.135 e. The number of benzene rings is 2. The third kappa shape index (κ3) is 2.67. The Bertz CT molecular complexity index is 858. The lowest BCUT2D eigenvalue weighted by atomic mass is 10.1. The van der Waals surface area contributed by atoms with Crippen LogP contribution in [0.3, 0.4) is 0 Å². The molecule has 1 heterocycles. The first-order valence-electron chi connectivity index (χ1n) is 6.10. The lowest BCUT2D eigenvalue weighted by Gasteiger charge is -1.98. The van der Waals surface area contributed by atoms with Gasteiger partial charge in [-0.05, 0) is 36.4 Å². The lowest BCUT2D eigenvalue weighted by Crippen LogP contribution is -1.86. The quantitative estimate of drug-likeness (QED) is 0.646. The standard InChI is InChI=1S/C16H8F2N2S/c17-12-5-6-13(18)10(8-12)7-11(9-19)16-20-14-3-1-2-4-15(14)21-16/h1-8H. The predicted molar refractivity (Wildman–Crippen MR) is 79.5 cm³/mol. The van der Waals surface area contributed by atoms with Crippen LogP contribution in [0.2, 0.25) is 0 Å². The molecule has 0 saturated heterocycles. The van der Waals surface area contributed by atoms with Crippen LogP contribution >= 0.6 is 11.3 Å². The van der Waals surface area contributed by atoms with E-state index in [0.29, 0.717) is 5.01 Å². The summed E-state index contributed by atoms with van der Waals surface area (Å²) in [5.74, 6) is -1.13. The fraction of sp³-hybridized carbons (Fsp3) is 0. The van der Waals surface area contributed by atoms with Crippen molar-refractivity contribution in [3.63, 3.8) is 0 Å². The van der Waals surface area contributed by atoms with Crippen LogP contribution in [0.15, 0.2) is 42.5 Å². The number of nitrogens with zero attached hydrogens (tertiary/aromatic N) is 2. The van der Waals surface area contributed by atoms with Crippen molar-refractivity contribution in [2.24, 2.45) is 0 Å². The molecular formula is C16H8F2N2S.